The molecular formula is C22H20ClN3O4S2. The number of fused-ring (bicyclic) bond motifs is 2. The predicted octanol–water partition coefficient (Wildman–Crippen LogP) is 3.55. The van der Waals surface area contributed by atoms with Gasteiger partial charge in [0.05, 0.1) is 16.0 Å². The van der Waals surface area contributed by atoms with E-state index < -0.39 is 6.10 Å². The summed E-state index contributed by atoms with van der Waals surface area (Å²) in [6.07, 6.45) is -0.657. The smallest absolute Gasteiger partial charge is 0.267 e. The number of ether oxygens (including phenoxy) is 2. The lowest BCUT2D eigenvalue weighted by Gasteiger charge is -2.37. The zero-order chi connectivity index (χ0) is 22.1. The predicted molar refractivity (Wildman–Crippen MR) is 125 cm³/mol. The van der Waals surface area contributed by atoms with Gasteiger partial charge >= 0.3 is 0 Å². The average molecular weight is 490 g/mol. The molecule has 0 radical (unpaired) electrons. The van der Waals surface area contributed by atoms with Crippen LogP contribution in [0.4, 0.5) is 0 Å². The van der Waals surface area contributed by atoms with E-state index in [4.69, 9.17) is 21.1 Å². The van der Waals surface area contributed by atoms with Gasteiger partial charge in [0.15, 0.2) is 15.8 Å². The summed E-state index contributed by atoms with van der Waals surface area (Å²) in [4.78, 5) is 33.6. The molecule has 3 aromatic rings. The normalized spacial score (nSPS) is 18.1. The van der Waals surface area contributed by atoms with Crippen LogP contribution in [0.2, 0.25) is 5.02 Å². The van der Waals surface area contributed by atoms with Crippen molar-refractivity contribution < 1.29 is 19.1 Å². The maximum Gasteiger partial charge on any atom is 0.267 e. The van der Waals surface area contributed by atoms with Crippen LogP contribution in [0.25, 0.3) is 10.2 Å². The van der Waals surface area contributed by atoms with Crippen LogP contribution in [0.5, 0.6) is 11.5 Å². The number of carbonyl (C=O) groups excluding carboxylic acids is 2. The summed E-state index contributed by atoms with van der Waals surface area (Å²) in [6, 6.07) is 12.9. The van der Waals surface area contributed by atoms with Crippen LogP contribution in [0.3, 0.4) is 0 Å². The summed E-state index contributed by atoms with van der Waals surface area (Å²) in [5.41, 5.74) is 0.848. The third-order valence-corrected chi connectivity index (χ3v) is 7.78. The Morgan fingerprint density at radius 1 is 1.09 bits per heavy atom. The fourth-order valence-corrected chi connectivity index (χ4v) is 5.79. The van der Waals surface area contributed by atoms with Gasteiger partial charge in [0.25, 0.3) is 5.91 Å². The summed E-state index contributed by atoms with van der Waals surface area (Å²) < 4.78 is 13.4. The number of rotatable bonds is 4. The molecule has 2 amide bonds. The molecule has 3 heterocycles. The summed E-state index contributed by atoms with van der Waals surface area (Å²) in [7, 11) is 0. The van der Waals surface area contributed by atoms with E-state index in [9.17, 15) is 9.59 Å². The van der Waals surface area contributed by atoms with Crippen LogP contribution < -0.4 is 9.47 Å². The van der Waals surface area contributed by atoms with E-state index in [1.807, 2.05) is 36.4 Å². The highest BCUT2D eigenvalue weighted by molar-refractivity contribution is 8.01. The van der Waals surface area contributed by atoms with Gasteiger partial charge in [-0.1, -0.05) is 35.5 Å². The molecule has 1 unspecified atom stereocenters. The van der Waals surface area contributed by atoms with Crippen molar-refractivity contribution in [2.45, 2.75) is 10.4 Å². The number of halogens is 1. The third-order valence-electron chi connectivity index (χ3n) is 5.38. The minimum absolute atomic E-state index is 0.0468. The summed E-state index contributed by atoms with van der Waals surface area (Å²) >= 11 is 9.00. The zero-order valence-electron chi connectivity index (χ0n) is 17.0. The standard InChI is InChI=1S/C22H20ClN3O4S2/c23-14-5-6-19-15(11-14)24-22(32-19)31-13-20(27)25-7-9-26(10-8-25)21(28)18-12-29-16-3-1-2-4-17(16)30-18/h1-6,11,18H,7-10,12-13H2. The van der Waals surface area contributed by atoms with Crippen molar-refractivity contribution in [3.8, 4) is 11.5 Å². The van der Waals surface area contributed by atoms with Gasteiger partial charge < -0.3 is 19.3 Å². The highest BCUT2D eigenvalue weighted by Gasteiger charge is 2.33. The molecule has 166 valence electrons. The lowest BCUT2D eigenvalue weighted by Crippen LogP contribution is -2.55. The topological polar surface area (TPSA) is 72.0 Å². The number of thioether (sulfide) groups is 1. The first-order valence-electron chi connectivity index (χ1n) is 10.2. The summed E-state index contributed by atoms with van der Waals surface area (Å²) in [6.45, 7) is 2.17. The van der Waals surface area contributed by atoms with Gasteiger partial charge in [-0.2, -0.15) is 0 Å². The molecule has 0 aliphatic carbocycles. The van der Waals surface area contributed by atoms with Gasteiger partial charge in [0, 0.05) is 31.2 Å². The van der Waals surface area contributed by atoms with Crippen LogP contribution in [0, 0.1) is 0 Å². The number of para-hydroxylation sites is 2. The lowest BCUT2D eigenvalue weighted by molar-refractivity contribution is -0.145. The summed E-state index contributed by atoms with van der Waals surface area (Å²) in [5, 5.41) is 0.650. The number of aromatic nitrogens is 1. The Bertz CT molecular complexity index is 1160. The number of carbonyl (C=O) groups is 2. The van der Waals surface area contributed by atoms with Crippen molar-refractivity contribution >= 4 is 56.7 Å². The van der Waals surface area contributed by atoms with Gasteiger partial charge in [0.1, 0.15) is 6.61 Å². The molecule has 0 spiro atoms. The van der Waals surface area contributed by atoms with Gasteiger partial charge in [-0.25, -0.2) is 4.98 Å². The monoisotopic (exact) mass is 489 g/mol. The third kappa shape index (κ3) is 4.51. The van der Waals surface area contributed by atoms with Crippen molar-refractivity contribution in [1.82, 2.24) is 14.8 Å². The molecule has 2 aliphatic rings. The van der Waals surface area contributed by atoms with Gasteiger partial charge in [-0.15, -0.1) is 11.3 Å². The second kappa shape index (κ2) is 9.17. The Hall–Kier alpha value is -2.49. The molecule has 2 aromatic carbocycles. The molecule has 10 heteroatoms. The number of amides is 2. The van der Waals surface area contributed by atoms with Crippen molar-refractivity contribution in [1.29, 1.82) is 0 Å². The minimum Gasteiger partial charge on any atom is -0.485 e. The largest absolute Gasteiger partial charge is 0.485 e. The second-order valence-corrected chi connectivity index (χ2v) is 10.1. The molecule has 5 rings (SSSR count). The van der Waals surface area contributed by atoms with Crippen LogP contribution >= 0.6 is 34.7 Å². The highest BCUT2D eigenvalue weighted by Crippen LogP contribution is 2.32. The zero-order valence-corrected chi connectivity index (χ0v) is 19.4. The van der Waals surface area contributed by atoms with Gasteiger partial charge in [-0.05, 0) is 30.3 Å². The minimum atomic E-state index is -0.657. The molecule has 1 fully saturated rings. The number of benzene rings is 2. The van der Waals surface area contributed by atoms with E-state index in [0.717, 1.165) is 14.6 Å². The Labute approximate surface area is 198 Å². The van der Waals surface area contributed by atoms with Crippen LogP contribution in [0.15, 0.2) is 46.8 Å². The van der Waals surface area contributed by atoms with E-state index in [0.29, 0.717) is 48.5 Å². The van der Waals surface area contributed by atoms with E-state index in [-0.39, 0.29) is 18.4 Å². The van der Waals surface area contributed by atoms with E-state index in [2.05, 4.69) is 4.98 Å². The molecule has 1 aromatic heterocycles. The number of piperazine rings is 1. The molecule has 1 saturated heterocycles. The Balaban J connectivity index is 1.11. The van der Waals surface area contributed by atoms with Crippen LogP contribution in [0.1, 0.15) is 0 Å². The number of nitrogens with zero attached hydrogens (tertiary/aromatic N) is 3. The first-order valence-corrected chi connectivity index (χ1v) is 12.4. The van der Waals surface area contributed by atoms with Crippen LogP contribution in [-0.2, 0) is 9.59 Å². The van der Waals surface area contributed by atoms with Crippen molar-refractivity contribution in [3.63, 3.8) is 0 Å². The lowest BCUT2D eigenvalue weighted by atomic mass is 10.2. The number of hydrogen-bond donors (Lipinski definition) is 0. The van der Waals surface area contributed by atoms with E-state index >= 15 is 0 Å². The Kier molecular flexibility index (Phi) is 6.12. The molecular weight excluding hydrogens is 470 g/mol. The SMILES string of the molecule is O=C(CSc1nc2cc(Cl)ccc2s1)N1CCN(C(=O)C2COc3ccccc3O2)CC1. The highest BCUT2D eigenvalue weighted by atomic mass is 35.5. The first kappa shape index (κ1) is 21.4. The fourth-order valence-electron chi connectivity index (χ4n) is 3.68. The first-order chi connectivity index (χ1) is 15.6. The molecule has 1 atom stereocenters. The summed E-state index contributed by atoms with van der Waals surface area (Å²) in [5.74, 6) is 1.50. The molecule has 0 N–H and O–H groups in total. The maximum atomic E-state index is 12.9. The maximum absolute atomic E-state index is 12.9. The Morgan fingerprint density at radius 3 is 2.66 bits per heavy atom. The fraction of sp³-hybridized carbons (Fsp3) is 0.318. The van der Waals surface area contributed by atoms with Crippen molar-refractivity contribution in [3.05, 3.63) is 47.5 Å². The quantitative estimate of drug-likeness (QED) is 0.522. The molecule has 0 bridgehead atoms. The average Bonchev–Trinajstić information content (AvgIpc) is 3.24. The van der Waals surface area contributed by atoms with Crippen molar-refractivity contribution in [2.75, 3.05) is 38.5 Å². The molecule has 32 heavy (non-hydrogen) atoms. The van der Waals surface area contributed by atoms with E-state index in [1.165, 1.54) is 11.8 Å². The molecule has 7 nitrogen and oxygen atoms in total. The molecule has 2 aliphatic heterocycles. The van der Waals surface area contributed by atoms with Gasteiger partial charge in [-0.3, -0.25) is 9.59 Å². The van der Waals surface area contributed by atoms with Crippen molar-refractivity contribution in [2.24, 2.45) is 0 Å². The van der Waals surface area contributed by atoms with Gasteiger partial charge in [0.2, 0.25) is 12.0 Å². The van der Waals surface area contributed by atoms with E-state index in [1.54, 1.807) is 27.2 Å². The molecule has 0 saturated carbocycles. The Morgan fingerprint density at radius 2 is 1.84 bits per heavy atom. The number of thiazole rings is 1. The second-order valence-electron chi connectivity index (χ2n) is 7.45. The number of hydrogen-bond acceptors (Lipinski definition) is 7. The van der Waals surface area contributed by atoms with Crippen LogP contribution in [-0.4, -0.2) is 71.2 Å².